The third kappa shape index (κ3) is 4.73. The number of benzene rings is 3. The first-order valence-electron chi connectivity index (χ1n) is 11.1. The van der Waals surface area contributed by atoms with Gasteiger partial charge in [0.1, 0.15) is 31.3 Å². The van der Waals surface area contributed by atoms with Crippen molar-refractivity contribution < 1.29 is 19.0 Å². The van der Waals surface area contributed by atoms with Crippen LogP contribution in [0.5, 0.6) is 17.2 Å². The van der Waals surface area contributed by atoms with Gasteiger partial charge in [-0.25, -0.2) is 0 Å². The summed E-state index contributed by atoms with van der Waals surface area (Å²) in [6.07, 6.45) is 1.69. The number of amides is 1. The molecule has 1 amide bonds. The number of aromatic nitrogens is 2. The van der Waals surface area contributed by atoms with Crippen LogP contribution in [0.2, 0.25) is 0 Å². The zero-order valence-electron chi connectivity index (χ0n) is 18.9. The Bertz CT molecular complexity index is 1280. The van der Waals surface area contributed by atoms with Crippen molar-refractivity contribution >= 4 is 5.91 Å². The summed E-state index contributed by atoms with van der Waals surface area (Å²) in [5.41, 5.74) is 4.16. The Labute approximate surface area is 197 Å². The maximum Gasteiger partial charge on any atom is 0.270 e. The molecule has 7 nitrogen and oxygen atoms in total. The van der Waals surface area contributed by atoms with Gasteiger partial charge in [0.15, 0.2) is 11.5 Å². The highest BCUT2D eigenvalue weighted by Crippen LogP contribution is 2.35. The van der Waals surface area contributed by atoms with Gasteiger partial charge in [-0.3, -0.25) is 9.48 Å². The van der Waals surface area contributed by atoms with Crippen molar-refractivity contribution in [2.45, 2.75) is 13.2 Å². The molecule has 0 bridgehead atoms. The van der Waals surface area contributed by atoms with Crippen LogP contribution >= 0.6 is 0 Å². The quantitative estimate of drug-likeness (QED) is 0.448. The van der Waals surface area contributed by atoms with Gasteiger partial charge in [-0.1, -0.05) is 48.5 Å². The summed E-state index contributed by atoms with van der Waals surface area (Å²) in [4.78, 5) is 13.1. The van der Waals surface area contributed by atoms with Crippen molar-refractivity contribution in [2.24, 2.45) is 7.05 Å². The van der Waals surface area contributed by atoms with Gasteiger partial charge in [0, 0.05) is 19.2 Å². The van der Waals surface area contributed by atoms with E-state index in [1.54, 1.807) is 17.9 Å². The molecule has 0 fully saturated rings. The molecule has 0 radical (unpaired) electrons. The molecule has 0 saturated heterocycles. The lowest BCUT2D eigenvalue weighted by atomic mass is 10.0. The summed E-state index contributed by atoms with van der Waals surface area (Å²) in [5, 5.41) is 7.30. The van der Waals surface area contributed by atoms with Gasteiger partial charge in [-0.15, -0.1) is 0 Å². The minimum absolute atomic E-state index is 0.200. The number of fused-ring (bicyclic) bond motifs is 1. The van der Waals surface area contributed by atoms with Gasteiger partial charge in [0.2, 0.25) is 0 Å². The second-order valence-corrected chi connectivity index (χ2v) is 7.99. The largest absolute Gasteiger partial charge is 0.489 e. The second-order valence-electron chi connectivity index (χ2n) is 7.99. The fourth-order valence-electron chi connectivity index (χ4n) is 3.84. The molecule has 1 aromatic heterocycles. The summed E-state index contributed by atoms with van der Waals surface area (Å²) < 4.78 is 18.7. The highest BCUT2D eigenvalue weighted by Gasteiger charge is 2.20. The number of nitrogens with zero attached hydrogens (tertiary/aromatic N) is 2. The van der Waals surface area contributed by atoms with E-state index >= 15 is 0 Å². The lowest BCUT2D eigenvalue weighted by Gasteiger charge is -2.19. The van der Waals surface area contributed by atoms with Crippen LogP contribution in [0.1, 0.15) is 21.6 Å². The molecule has 1 N–H and O–H groups in total. The lowest BCUT2D eigenvalue weighted by molar-refractivity contribution is 0.0942. The van der Waals surface area contributed by atoms with Crippen LogP contribution in [0, 0.1) is 0 Å². The van der Waals surface area contributed by atoms with Gasteiger partial charge in [-0.2, -0.15) is 5.10 Å². The average Bonchev–Trinajstić information content (AvgIpc) is 3.28. The Morgan fingerprint density at radius 2 is 1.74 bits per heavy atom. The molecule has 3 aromatic carbocycles. The molecule has 0 aliphatic carbocycles. The average molecular weight is 456 g/mol. The highest BCUT2D eigenvalue weighted by molar-refractivity contribution is 5.99. The number of ether oxygens (including phenoxy) is 3. The topological polar surface area (TPSA) is 74.6 Å². The van der Waals surface area contributed by atoms with E-state index in [-0.39, 0.29) is 5.91 Å². The first-order chi connectivity index (χ1) is 16.7. The fourth-order valence-corrected chi connectivity index (χ4v) is 3.84. The third-order valence-corrected chi connectivity index (χ3v) is 5.63. The van der Waals surface area contributed by atoms with Gasteiger partial charge in [0.25, 0.3) is 5.91 Å². The molecule has 0 unspecified atom stereocenters. The molecule has 1 aliphatic rings. The maximum absolute atomic E-state index is 13.1. The monoisotopic (exact) mass is 455 g/mol. The van der Waals surface area contributed by atoms with Crippen molar-refractivity contribution in [1.82, 2.24) is 15.1 Å². The minimum Gasteiger partial charge on any atom is -0.489 e. The van der Waals surface area contributed by atoms with Crippen LogP contribution in [0.4, 0.5) is 0 Å². The van der Waals surface area contributed by atoms with Crippen LogP contribution in [0.25, 0.3) is 11.1 Å². The molecule has 2 heterocycles. The van der Waals surface area contributed by atoms with Crippen LogP contribution in [0.15, 0.2) is 79.0 Å². The zero-order valence-corrected chi connectivity index (χ0v) is 18.9. The molecule has 0 spiro atoms. The molecular formula is C27H25N3O4. The summed E-state index contributed by atoms with van der Waals surface area (Å²) in [5.74, 6) is 1.97. The van der Waals surface area contributed by atoms with Crippen molar-refractivity contribution in [2.75, 3.05) is 13.2 Å². The fraction of sp³-hybridized carbons (Fsp3) is 0.185. The molecule has 0 saturated carbocycles. The first kappa shape index (κ1) is 21.6. The van der Waals surface area contributed by atoms with Crippen LogP contribution in [0.3, 0.4) is 0 Å². The molecular weight excluding hydrogens is 430 g/mol. The summed E-state index contributed by atoms with van der Waals surface area (Å²) >= 11 is 0. The maximum atomic E-state index is 13.1. The molecule has 5 rings (SSSR count). The number of rotatable bonds is 7. The van der Waals surface area contributed by atoms with E-state index in [0.29, 0.717) is 43.6 Å². The van der Waals surface area contributed by atoms with Gasteiger partial charge >= 0.3 is 0 Å². The Morgan fingerprint density at radius 3 is 2.53 bits per heavy atom. The number of hydrogen-bond donors (Lipinski definition) is 1. The smallest absolute Gasteiger partial charge is 0.270 e. The van der Waals surface area contributed by atoms with E-state index in [0.717, 1.165) is 28.0 Å². The molecule has 1 aliphatic heterocycles. The van der Waals surface area contributed by atoms with Gasteiger partial charge in [0.05, 0.1) is 6.20 Å². The van der Waals surface area contributed by atoms with Crippen molar-refractivity contribution in [3.8, 4) is 28.4 Å². The zero-order chi connectivity index (χ0) is 23.3. The third-order valence-electron chi connectivity index (χ3n) is 5.63. The van der Waals surface area contributed by atoms with E-state index in [4.69, 9.17) is 14.2 Å². The van der Waals surface area contributed by atoms with Crippen LogP contribution < -0.4 is 19.5 Å². The van der Waals surface area contributed by atoms with Crippen LogP contribution in [-0.2, 0) is 20.2 Å². The van der Waals surface area contributed by atoms with E-state index < -0.39 is 0 Å². The number of carbonyl (C=O) groups excluding carboxylic acids is 1. The van der Waals surface area contributed by atoms with E-state index in [1.165, 1.54) is 0 Å². The number of hydrogen-bond acceptors (Lipinski definition) is 5. The van der Waals surface area contributed by atoms with Gasteiger partial charge in [-0.05, 0) is 41.0 Å². The normalized spacial score (nSPS) is 12.3. The standard InChI is InChI=1S/C27H25N3O4/c1-30-26(23(17-29-30)21-9-12-24-25(15-21)33-14-13-32-24)27(31)28-16-19-7-10-22(11-8-19)34-18-20-5-3-2-4-6-20/h2-12,15,17H,13-14,16,18H2,1H3,(H,28,31). The molecule has 0 atom stereocenters. The SMILES string of the molecule is Cn1ncc(-c2ccc3c(c2)OCCO3)c1C(=O)NCc1ccc(OCc2ccccc2)cc1. The number of aryl methyl sites for hydroxylation is 1. The predicted molar refractivity (Wildman–Crippen MR) is 128 cm³/mol. The second kappa shape index (κ2) is 9.70. The van der Waals surface area contributed by atoms with E-state index in [9.17, 15) is 4.79 Å². The molecule has 34 heavy (non-hydrogen) atoms. The molecule has 172 valence electrons. The lowest BCUT2D eigenvalue weighted by Crippen LogP contribution is -2.25. The summed E-state index contributed by atoms with van der Waals surface area (Å²) in [6.45, 7) is 1.95. The van der Waals surface area contributed by atoms with Crippen molar-refractivity contribution in [3.05, 3.63) is 95.8 Å². The van der Waals surface area contributed by atoms with Crippen molar-refractivity contribution in [1.29, 1.82) is 0 Å². The Hall–Kier alpha value is -4.26. The Kier molecular flexibility index (Phi) is 6.16. The van der Waals surface area contributed by atoms with E-state index in [1.807, 2.05) is 72.8 Å². The Morgan fingerprint density at radius 1 is 0.971 bits per heavy atom. The minimum atomic E-state index is -0.200. The van der Waals surface area contributed by atoms with Crippen molar-refractivity contribution in [3.63, 3.8) is 0 Å². The number of carbonyl (C=O) groups is 1. The predicted octanol–water partition coefficient (Wildman–Crippen LogP) is 4.37. The summed E-state index contributed by atoms with van der Waals surface area (Å²) in [6, 6.07) is 23.4. The van der Waals surface area contributed by atoms with Crippen LogP contribution in [-0.4, -0.2) is 28.9 Å². The first-order valence-corrected chi connectivity index (χ1v) is 11.1. The number of nitrogens with one attached hydrogen (secondary N) is 1. The van der Waals surface area contributed by atoms with Gasteiger partial charge < -0.3 is 19.5 Å². The molecule has 4 aromatic rings. The Balaban J connectivity index is 1.23. The van der Waals surface area contributed by atoms with E-state index in [2.05, 4.69) is 10.4 Å². The summed E-state index contributed by atoms with van der Waals surface area (Å²) in [7, 11) is 1.76. The highest BCUT2D eigenvalue weighted by atomic mass is 16.6. The molecule has 7 heteroatoms.